The van der Waals surface area contributed by atoms with E-state index in [1.807, 2.05) is 72.4 Å². The SMILES string of the molecule is CCCCC(=O)c1ccc(N=Nc2ccc(N=Nc3ccc(N4CCSC4)cc3)cc2)cc1. The molecule has 0 bridgehead atoms. The van der Waals surface area contributed by atoms with Gasteiger partial charge < -0.3 is 4.90 Å². The van der Waals surface area contributed by atoms with Crippen LogP contribution in [0.2, 0.25) is 0 Å². The van der Waals surface area contributed by atoms with Crippen LogP contribution in [0.15, 0.2) is 93.3 Å². The van der Waals surface area contributed by atoms with E-state index in [-0.39, 0.29) is 5.78 Å². The minimum absolute atomic E-state index is 0.173. The Morgan fingerprint density at radius 2 is 1.27 bits per heavy atom. The molecule has 3 aromatic carbocycles. The van der Waals surface area contributed by atoms with E-state index in [4.69, 9.17) is 0 Å². The average molecular weight is 458 g/mol. The number of carbonyl (C=O) groups excluding carboxylic acids is 1. The maximum Gasteiger partial charge on any atom is 0.162 e. The molecule has 33 heavy (non-hydrogen) atoms. The number of carbonyl (C=O) groups is 1. The van der Waals surface area contributed by atoms with E-state index in [2.05, 4.69) is 44.4 Å². The second kappa shape index (κ2) is 11.5. The first-order valence-electron chi connectivity index (χ1n) is 11.2. The van der Waals surface area contributed by atoms with Crippen LogP contribution < -0.4 is 4.90 Å². The Hall–Kier alpha value is -3.32. The van der Waals surface area contributed by atoms with Gasteiger partial charge in [-0.05, 0) is 79.2 Å². The lowest BCUT2D eigenvalue weighted by Crippen LogP contribution is -2.17. The second-order valence-electron chi connectivity index (χ2n) is 7.81. The standard InChI is InChI=1S/C26H27N5OS/c1-2-3-4-26(32)20-5-7-21(8-6-20)27-28-22-9-11-23(12-10-22)29-30-24-13-15-25(16-14-24)31-17-18-33-19-31/h5-16H,2-4,17-19H2,1H3. The van der Waals surface area contributed by atoms with Gasteiger partial charge in [0, 0.05) is 30.0 Å². The first-order valence-corrected chi connectivity index (χ1v) is 12.4. The zero-order chi connectivity index (χ0) is 22.9. The van der Waals surface area contributed by atoms with Crippen molar-refractivity contribution >= 4 is 46.0 Å². The van der Waals surface area contributed by atoms with Crippen molar-refractivity contribution in [2.75, 3.05) is 23.1 Å². The molecule has 1 heterocycles. The predicted molar refractivity (Wildman–Crippen MR) is 136 cm³/mol. The lowest BCUT2D eigenvalue weighted by atomic mass is 10.1. The summed E-state index contributed by atoms with van der Waals surface area (Å²) < 4.78 is 0. The van der Waals surface area contributed by atoms with E-state index < -0.39 is 0 Å². The van der Waals surface area contributed by atoms with E-state index in [9.17, 15) is 4.79 Å². The molecular weight excluding hydrogens is 430 g/mol. The molecule has 3 aromatic rings. The molecule has 0 unspecified atom stereocenters. The number of azo groups is 2. The number of anilines is 1. The number of unbranched alkanes of at least 4 members (excludes halogenated alkanes) is 1. The molecule has 0 aliphatic carbocycles. The molecule has 4 rings (SSSR count). The summed E-state index contributed by atoms with van der Waals surface area (Å²) in [6, 6.07) is 22.9. The van der Waals surface area contributed by atoms with Crippen molar-refractivity contribution in [1.29, 1.82) is 0 Å². The second-order valence-corrected chi connectivity index (χ2v) is 8.88. The van der Waals surface area contributed by atoms with Crippen LogP contribution in [0.4, 0.5) is 28.4 Å². The van der Waals surface area contributed by atoms with Crippen molar-refractivity contribution in [3.63, 3.8) is 0 Å². The maximum absolute atomic E-state index is 12.1. The summed E-state index contributed by atoms with van der Waals surface area (Å²) in [6.07, 6.45) is 2.52. The van der Waals surface area contributed by atoms with Gasteiger partial charge in [-0.3, -0.25) is 4.79 Å². The summed E-state index contributed by atoms with van der Waals surface area (Å²) in [5.74, 6) is 2.41. The smallest absolute Gasteiger partial charge is 0.162 e. The third-order valence-corrected chi connectivity index (χ3v) is 6.29. The normalized spacial score (nSPS) is 13.9. The molecule has 0 radical (unpaired) electrons. The summed E-state index contributed by atoms with van der Waals surface area (Å²) in [7, 11) is 0. The van der Waals surface area contributed by atoms with Gasteiger partial charge >= 0.3 is 0 Å². The number of thioether (sulfide) groups is 1. The van der Waals surface area contributed by atoms with Crippen LogP contribution in [-0.4, -0.2) is 24.0 Å². The Morgan fingerprint density at radius 1 is 0.788 bits per heavy atom. The molecule has 168 valence electrons. The summed E-state index contributed by atoms with van der Waals surface area (Å²) in [5, 5.41) is 17.2. The monoisotopic (exact) mass is 457 g/mol. The van der Waals surface area contributed by atoms with E-state index in [0.717, 1.165) is 47.9 Å². The van der Waals surface area contributed by atoms with E-state index in [1.165, 1.54) is 11.4 Å². The van der Waals surface area contributed by atoms with Crippen LogP contribution in [0.3, 0.4) is 0 Å². The topological polar surface area (TPSA) is 69.7 Å². The molecule has 0 aromatic heterocycles. The molecule has 1 fully saturated rings. The Kier molecular flexibility index (Phi) is 7.98. The molecule has 0 amide bonds. The van der Waals surface area contributed by atoms with Crippen LogP contribution in [-0.2, 0) is 0 Å². The Labute approximate surface area is 198 Å². The van der Waals surface area contributed by atoms with Crippen molar-refractivity contribution < 1.29 is 4.79 Å². The molecule has 1 aliphatic heterocycles. The van der Waals surface area contributed by atoms with Gasteiger partial charge in [-0.2, -0.15) is 20.5 Å². The summed E-state index contributed by atoms with van der Waals surface area (Å²) in [5.41, 5.74) is 4.97. The van der Waals surface area contributed by atoms with Gasteiger partial charge in [-0.25, -0.2) is 0 Å². The highest BCUT2D eigenvalue weighted by atomic mass is 32.2. The number of benzene rings is 3. The maximum atomic E-state index is 12.1. The molecule has 0 atom stereocenters. The number of nitrogens with zero attached hydrogens (tertiary/aromatic N) is 5. The van der Waals surface area contributed by atoms with Crippen molar-refractivity contribution in [2.45, 2.75) is 26.2 Å². The Balaban J connectivity index is 1.32. The average Bonchev–Trinajstić information content (AvgIpc) is 3.41. The van der Waals surface area contributed by atoms with Crippen molar-refractivity contribution in [3.05, 3.63) is 78.4 Å². The van der Waals surface area contributed by atoms with E-state index in [1.54, 1.807) is 0 Å². The van der Waals surface area contributed by atoms with Gasteiger partial charge in [0.15, 0.2) is 5.78 Å². The van der Waals surface area contributed by atoms with Crippen molar-refractivity contribution in [3.8, 4) is 0 Å². The third kappa shape index (κ3) is 6.58. The van der Waals surface area contributed by atoms with Crippen LogP contribution >= 0.6 is 11.8 Å². The summed E-state index contributed by atoms with van der Waals surface area (Å²) >= 11 is 1.95. The lowest BCUT2D eigenvalue weighted by molar-refractivity contribution is 0.0980. The number of hydrogen-bond donors (Lipinski definition) is 0. The predicted octanol–water partition coefficient (Wildman–Crippen LogP) is 8.40. The van der Waals surface area contributed by atoms with Gasteiger partial charge in [-0.15, -0.1) is 11.8 Å². The molecule has 0 saturated carbocycles. The fourth-order valence-electron chi connectivity index (χ4n) is 3.36. The molecule has 1 aliphatic rings. The highest BCUT2D eigenvalue weighted by Crippen LogP contribution is 2.27. The molecule has 0 spiro atoms. The van der Waals surface area contributed by atoms with Crippen LogP contribution in [0, 0.1) is 0 Å². The van der Waals surface area contributed by atoms with Gasteiger partial charge in [0.25, 0.3) is 0 Å². The first-order chi connectivity index (χ1) is 16.2. The van der Waals surface area contributed by atoms with Crippen molar-refractivity contribution in [1.82, 2.24) is 0 Å². The molecular formula is C26H27N5OS. The largest absolute Gasteiger partial charge is 0.361 e. The Morgan fingerprint density at radius 3 is 1.73 bits per heavy atom. The highest BCUT2D eigenvalue weighted by Gasteiger charge is 2.12. The minimum atomic E-state index is 0.173. The molecule has 0 N–H and O–H groups in total. The molecule has 7 heteroatoms. The van der Waals surface area contributed by atoms with Crippen LogP contribution in [0.1, 0.15) is 36.5 Å². The Bertz CT molecular complexity index is 1100. The number of hydrogen-bond acceptors (Lipinski definition) is 7. The quantitative estimate of drug-likeness (QED) is 0.239. The summed E-state index contributed by atoms with van der Waals surface area (Å²) in [6.45, 7) is 3.18. The molecule has 6 nitrogen and oxygen atoms in total. The zero-order valence-corrected chi connectivity index (χ0v) is 19.5. The number of Topliss-reactive ketones (excluding diaryl/α,β-unsaturated/α-hetero) is 1. The van der Waals surface area contributed by atoms with Gasteiger partial charge in [0.2, 0.25) is 0 Å². The summed E-state index contributed by atoms with van der Waals surface area (Å²) in [4.78, 5) is 14.4. The zero-order valence-electron chi connectivity index (χ0n) is 18.7. The van der Waals surface area contributed by atoms with Crippen molar-refractivity contribution in [2.24, 2.45) is 20.5 Å². The highest BCUT2D eigenvalue weighted by molar-refractivity contribution is 7.99. The van der Waals surface area contributed by atoms with Gasteiger partial charge in [0.1, 0.15) is 0 Å². The number of rotatable bonds is 9. The minimum Gasteiger partial charge on any atom is -0.361 e. The third-order valence-electron chi connectivity index (χ3n) is 5.33. The van der Waals surface area contributed by atoms with E-state index >= 15 is 0 Å². The first kappa shape index (κ1) is 22.9. The van der Waals surface area contributed by atoms with Gasteiger partial charge in [-0.1, -0.05) is 13.3 Å². The van der Waals surface area contributed by atoms with E-state index in [0.29, 0.717) is 12.1 Å². The van der Waals surface area contributed by atoms with Crippen LogP contribution in [0.25, 0.3) is 0 Å². The fraction of sp³-hybridized carbons (Fsp3) is 0.269. The van der Waals surface area contributed by atoms with Gasteiger partial charge in [0.05, 0.1) is 28.6 Å². The van der Waals surface area contributed by atoms with Crippen LogP contribution in [0.5, 0.6) is 0 Å². The lowest BCUT2D eigenvalue weighted by Gasteiger charge is -2.16. The fourth-order valence-corrected chi connectivity index (χ4v) is 4.34. The molecule has 1 saturated heterocycles. The number of ketones is 1.